The lowest BCUT2D eigenvalue weighted by molar-refractivity contribution is -0.114. The average Bonchev–Trinajstić information content (AvgIpc) is 2.39. The molecule has 110 valence electrons. The molecule has 0 unspecified atom stereocenters. The molecule has 2 N–H and O–H groups in total. The zero-order chi connectivity index (χ0) is 15.2. The van der Waals surface area contributed by atoms with Crippen LogP contribution in [-0.4, -0.2) is 22.4 Å². The molecule has 0 aliphatic heterocycles. The third-order valence-electron chi connectivity index (χ3n) is 2.96. The molecule has 1 aromatic carbocycles. The molecule has 5 nitrogen and oxygen atoms in total. The van der Waals surface area contributed by atoms with Gasteiger partial charge in [-0.1, -0.05) is 12.1 Å². The van der Waals surface area contributed by atoms with Gasteiger partial charge >= 0.3 is 0 Å². The predicted octanol–water partition coefficient (Wildman–Crippen LogP) is 2.71. The van der Waals surface area contributed by atoms with E-state index in [2.05, 4.69) is 20.6 Å². The summed E-state index contributed by atoms with van der Waals surface area (Å²) in [5.74, 6) is 1.57. The first-order chi connectivity index (χ1) is 10.0. The minimum Gasteiger partial charge on any atom is -0.370 e. The lowest BCUT2D eigenvalue weighted by Crippen LogP contribution is -2.08. The van der Waals surface area contributed by atoms with E-state index in [0.717, 1.165) is 36.0 Å². The fourth-order valence-corrected chi connectivity index (χ4v) is 2.10. The third-order valence-corrected chi connectivity index (χ3v) is 2.96. The molecule has 0 atom stereocenters. The highest BCUT2D eigenvalue weighted by atomic mass is 16.1. The van der Waals surface area contributed by atoms with Gasteiger partial charge in [-0.05, 0) is 38.0 Å². The van der Waals surface area contributed by atoms with Crippen LogP contribution in [0.3, 0.4) is 0 Å². The zero-order valence-electron chi connectivity index (χ0n) is 12.6. The van der Waals surface area contributed by atoms with Crippen LogP contribution in [0.2, 0.25) is 0 Å². The molecule has 0 bridgehead atoms. The summed E-state index contributed by atoms with van der Waals surface area (Å²) in [7, 11) is 0. The number of nitrogens with one attached hydrogen (secondary N) is 2. The summed E-state index contributed by atoms with van der Waals surface area (Å²) < 4.78 is 0. The highest BCUT2D eigenvalue weighted by Gasteiger charge is 2.00. The van der Waals surface area contributed by atoms with Gasteiger partial charge in [-0.2, -0.15) is 0 Å². The van der Waals surface area contributed by atoms with Gasteiger partial charge in [0.05, 0.1) is 0 Å². The van der Waals surface area contributed by atoms with Crippen molar-refractivity contribution in [2.45, 2.75) is 27.2 Å². The fraction of sp³-hybridized carbons (Fsp3) is 0.312. The summed E-state index contributed by atoms with van der Waals surface area (Å²) in [6, 6.07) is 9.80. The van der Waals surface area contributed by atoms with Crippen molar-refractivity contribution >= 4 is 17.4 Å². The van der Waals surface area contributed by atoms with Crippen LogP contribution in [-0.2, 0) is 11.2 Å². The largest absolute Gasteiger partial charge is 0.370 e. The van der Waals surface area contributed by atoms with Gasteiger partial charge < -0.3 is 10.6 Å². The van der Waals surface area contributed by atoms with Crippen LogP contribution in [0.15, 0.2) is 30.3 Å². The normalized spacial score (nSPS) is 10.2. The van der Waals surface area contributed by atoms with E-state index in [9.17, 15) is 4.79 Å². The van der Waals surface area contributed by atoms with Crippen molar-refractivity contribution in [3.05, 3.63) is 47.4 Å². The first kappa shape index (κ1) is 15.0. The van der Waals surface area contributed by atoms with E-state index in [1.54, 1.807) is 0 Å². The Kier molecular flexibility index (Phi) is 4.87. The van der Waals surface area contributed by atoms with Gasteiger partial charge in [0.2, 0.25) is 5.91 Å². The van der Waals surface area contributed by atoms with E-state index >= 15 is 0 Å². The Hall–Kier alpha value is -2.43. The molecule has 1 heterocycles. The van der Waals surface area contributed by atoms with E-state index in [0.29, 0.717) is 0 Å². The maximum atomic E-state index is 10.9. The zero-order valence-corrected chi connectivity index (χ0v) is 12.6. The standard InChI is InChI=1S/C16H20N4O/c1-11-10-16(19-12(2)18-11)17-9-8-14-4-6-15(7-5-14)20-13(3)21/h4-7,10H,8-9H2,1-3H3,(H,20,21)(H,17,18,19). The average molecular weight is 284 g/mol. The first-order valence-electron chi connectivity index (χ1n) is 6.95. The monoisotopic (exact) mass is 284 g/mol. The van der Waals surface area contributed by atoms with Crippen LogP contribution in [0.1, 0.15) is 24.0 Å². The van der Waals surface area contributed by atoms with E-state index in [-0.39, 0.29) is 5.91 Å². The number of hydrogen-bond acceptors (Lipinski definition) is 4. The summed E-state index contributed by atoms with van der Waals surface area (Å²) in [6.45, 7) is 6.15. The molecule has 0 aliphatic carbocycles. The Morgan fingerprint density at radius 2 is 1.86 bits per heavy atom. The SMILES string of the molecule is CC(=O)Nc1ccc(CCNc2cc(C)nc(C)n2)cc1. The summed E-state index contributed by atoms with van der Waals surface area (Å²) in [5, 5.41) is 6.06. The molecule has 2 rings (SSSR count). The summed E-state index contributed by atoms with van der Waals surface area (Å²) in [6.07, 6.45) is 0.891. The molecule has 0 saturated carbocycles. The van der Waals surface area contributed by atoms with Crippen LogP contribution in [0.25, 0.3) is 0 Å². The molecule has 5 heteroatoms. The minimum atomic E-state index is -0.0566. The van der Waals surface area contributed by atoms with Gasteiger partial charge in [-0.3, -0.25) is 4.79 Å². The van der Waals surface area contributed by atoms with Gasteiger partial charge in [0.25, 0.3) is 0 Å². The van der Waals surface area contributed by atoms with Gasteiger partial charge in [0.15, 0.2) is 0 Å². The number of benzene rings is 1. The Morgan fingerprint density at radius 3 is 2.48 bits per heavy atom. The molecule has 21 heavy (non-hydrogen) atoms. The summed E-state index contributed by atoms with van der Waals surface area (Å²) in [4.78, 5) is 19.5. The highest BCUT2D eigenvalue weighted by Crippen LogP contribution is 2.11. The Bertz CT molecular complexity index is 602. The van der Waals surface area contributed by atoms with Crippen molar-refractivity contribution in [3.63, 3.8) is 0 Å². The Labute approximate surface area is 124 Å². The van der Waals surface area contributed by atoms with E-state index in [1.807, 2.05) is 44.2 Å². The van der Waals surface area contributed by atoms with Crippen LogP contribution in [0.4, 0.5) is 11.5 Å². The lowest BCUT2D eigenvalue weighted by Gasteiger charge is -2.08. The summed E-state index contributed by atoms with van der Waals surface area (Å²) in [5.41, 5.74) is 2.99. The van der Waals surface area contributed by atoms with Crippen LogP contribution < -0.4 is 10.6 Å². The van der Waals surface area contributed by atoms with Crippen molar-refractivity contribution in [2.24, 2.45) is 0 Å². The number of anilines is 2. The van der Waals surface area contributed by atoms with E-state index < -0.39 is 0 Å². The molecule has 1 aromatic heterocycles. The highest BCUT2D eigenvalue weighted by molar-refractivity contribution is 5.88. The number of carbonyl (C=O) groups excluding carboxylic acids is 1. The maximum Gasteiger partial charge on any atom is 0.221 e. The third kappa shape index (κ3) is 4.87. The molecule has 0 fully saturated rings. The molecule has 2 aromatic rings. The second-order valence-corrected chi connectivity index (χ2v) is 5.00. The quantitative estimate of drug-likeness (QED) is 0.886. The Morgan fingerprint density at radius 1 is 1.14 bits per heavy atom. The second kappa shape index (κ2) is 6.83. The number of aromatic nitrogens is 2. The van der Waals surface area contributed by atoms with Crippen LogP contribution in [0, 0.1) is 13.8 Å². The van der Waals surface area contributed by atoms with Crippen molar-refractivity contribution in [1.29, 1.82) is 0 Å². The molecule has 0 aliphatic rings. The van der Waals surface area contributed by atoms with Gasteiger partial charge in [0, 0.05) is 30.9 Å². The number of rotatable bonds is 5. The Balaban J connectivity index is 1.87. The van der Waals surface area contributed by atoms with Crippen LogP contribution >= 0.6 is 0 Å². The fourth-order valence-electron chi connectivity index (χ4n) is 2.10. The van der Waals surface area contributed by atoms with Crippen LogP contribution in [0.5, 0.6) is 0 Å². The number of nitrogens with zero attached hydrogens (tertiary/aromatic N) is 2. The van der Waals surface area contributed by atoms with Gasteiger partial charge in [-0.25, -0.2) is 9.97 Å². The lowest BCUT2D eigenvalue weighted by atomic mass is 10.1. The first-order valence-corrected chi connectivity index (χ1v) is 6.95. The molecule has 1 amide bonds. The van der Waals surface area contributed by atoms with Crippen molar-refractivity contribution in [2.75, 3.05) is 17.2 Å². The smallest absolute Gasteiger partial charge is 0.221 e. The van der Waals surface area contributed by atoms with Crippen molar-refractivity contribution in [1.82, 2.24) is 9.97 Å². The van der Waals surface area contributed by atoms with E-state index in [4.69, 9.17) is 0 Å². The number of amides is 1. The van der Waals surface area contributed by atoms with Crippen molar-refractivity contribution in [3.8, 4) is 0 Å². The maximum absolute atomic E-state index is 10.9. The number of carbonyl (C=O) groups is 1. The molecule has 0 radical (unpaired) electrons. The predicted molar refractivity (Wildman–Crippen MR) is 84.4 cm³/mol. The minimum absolute atomic E-state index is 0.0566. The number of hydrogen-bond donors (Lipinski definition) is 2. The molecule has 0 saturated heterocycles. The van der Waals surface area contributed by atoms with E-state index in [1.165, 1.54) is 12.5 Å². The summed E-state index contributed by atoms with van der Waals surface area (Å²) >= 11 is 0. The number of aryl methyl sites for hydroxylation is 2. The van der Waals surface area contributed by atoms with Gasteiger partial charge in [0.1, 0.15) is 11.6 Å². The van der Waals surface area contributed by atoms with Gasteiger partial charge in [-0.15, -0.1) is 0 Å². The topological polar surface area (TPSA) is 66.9 Å². The molecular weight excluding hydrogens is 264 g/mol. The molecule has 0 spiro atoms. The van der Waals surface area contributed by atoms with Crippen molar-refractivity contribution < 1.29 is 4.79 Å². The second-order valence-electron chi connectivity index (χ2n) is 5.00. The molecular formula is C16H20N4O.